The van der Waals surface area contributed by atoms with Gasteiger partial charge in [0.25, 0.3) is 0 Å². The molecule has 7 heteroatoms. The maximum atomic E-state index is 5.25. The molecule has 1 fully saturated rings. The molecule has 2 N–H and O–H groups in total. The smallest absolute Gasteiger partial charge is 0.191 e. The maximum absolute atomic E-state index is 5.25. The van der Waals surface area contributed by atoms with Crippen LogP contribution >= 0.6 is 0 Å². The Morgan fingerprint density at radius 3 is 2.31 bits per heavy atom. The molecular weight excluding hydrogens is 364 g/mol. The Morgan fingerprint density at radius 2 is 1.66 bits per heavy atom. The van der Waals surface area contributed by atoms with Crippen molar-refractivity contribution < 1.29 is 4.74 Å². The summed E-state index contributed by atoms with van der Waals surface area (Å²) in [5.74, 6) is 1.79. The Bertz CT molecular complexity index is 720. The van der Waals surface area contributed by atoms with Crippen LogP contribution in [-0.4, -0.2) is 75.4 Å². The van der Waals surface area contributed by atoms with E-state index < -0.39 is 0 Å². The van der Waals surface area contributed by atoms with E-state index in [0.29, 0.717) is 0 Å². The number of aromatic nitrogens is 1. The van der Waals surface area contributed by atoms with Crippen LogP contribution in [0.2, 0.25) is 0 Å². The van der Waals surface area contributed by atoms with Gasteiger partial charge in [-0.3, -0.25) is 9.89 Å². The molecule has 1 aliphatic rings. The molecule has 0 spiro atoms. The van der Waals surface area contributed by atoms with Crippen LogP contribution in [0.5, 0.6) is 5.75 Å². The van der Waals surface area contributed by atoms with E-state index in [4.69, 9.17) is 4.74 Å². The Kier molecular flexibility index (Phi) is 8.25. The average Bonchev–Trinajstić information content (AvgIpc) is 3.29. The first kappa shape index (κ1) is 21.0. The molecule has 0 aliphatic carbocycles. The monoisotopic (exact) mass is 398 g/mol. The van der Waals surface area contributed by atoms with E-state index in [1.807, 2.05) is 31.3 Å². The summed E-state index contributed by atoms with van der Waals surface area (Å²) in [4.78, 5) is 9.30. The number of hydrogen-bond acceptors (Lipinski definition) is 4. The van der Waals surface area contributed by atoms with Gasteiger partial charge in [-0.2, -0.15) is 0 Å². The molecule has 7 nitrogen and oxygen atoms in total. The molecular formula is C22H34N6O. The number of nitrogens with zero attached hydrogens (tertiary/aromatic N) is 4. The fourth-order valence-electron chi connectivity index (χ4n) is 3.58. The van der Waals surface area contributed by atoms with Crippen LogP contribution in [0, 0.1) is 0 Å². The summed E-state index contributed by atoms with van der Waals surface area (Å²) in [7, 11) is 3.53. The van der Waals surface area contributed by atoms with Gasteiger partial charge in [0, 0.05) is 70.9 Å². The van der Waals surface area contributed by atoms with Crippen LogP contribution < -0.4 is 20.3 Å². The fraction of sp³-hybridized carbons (Fsp3) is 0.500. The second-order valence-corrected chi connectivity index (χ2v) is 7.23. The zero-order chi connectivity index (χ0) is 20.3. The summed E-state index contributed by atoms with van der Waals surface area (Å²) < 4.78 is 7.40. The van der Waals surface area contributed by atoms with Crippen molar-refractivity contribution in [1.82, 2.24) is 20.1 Å². The first-order chi connectivity index (χ1) is 14.3. The molecule has 3 rings (SSSR count). The van der Waals surface area contributed by atoms with Crippen molar-refractivity contribution in [2.75, 3.05) is 64.9 Å². The molecule has 1 aromatic carbocycles. The summed E-state index contributed by atoms with van der Waals surface area (Å²) in [6.07, 6.45) is 5.26. The SMILES string of the molecule is CN=C(NCCCN1CCN(c2ccc(OC)cc2)CC1)NCCn1cccc1. The highest BCUT2D eigenvalue weighted by Gasteiger charge is 2.16. The number of aliphatic imine (C=N–C) groups is 1. The lowest BCUT2D eigenvalue weighted by molar-refractivity contribution is 0.255. The summed E-state index contributed by atoms with van der Waals surface area (Å²) in [6.45, 7) is 8.20. The van der Waals surface area contributed by atoms with Crippen molar-refractivity contribution in [3.63, 3.8) is 0 Å². The van der Waals surface area contributed by atoms with Gasteiger partial charge in [-0.15, -0.1) is 0 Å². The summed E-state index contributed by atoms with van der Waals surface area (Å²) in [5.41, 5.74) is 1.28. The third kappa shape index (κ3) is 6.71. The lowest BCUT2D eigenvalue weighted by atomic mass is 10.2. The van der Waals surface area contributed by atoms with Crippen LogP contribution in [0.25, 0.3) is 0 Å². The number of methoxy groups -OCH3 is 1. The summed E-state index contributed by atoms with van der Waals surface area (Å²) >= 11 is 0. The summed E-state index contributed by atoms with van der Waals surface area (Å²) in [6, 6.07) is 12.5. The minimum atomic E-state index is 0.863. The fourth-order valence-corrected chi connectivity index (χ4v) is 3.58. The minimum absolute atomic E-state index is 0.863. The van der Waals surface area contributed by atoms with Crippen molar-refractivity contribution in [1.29, 1.82) is 0 Å². The quantitative estimate of drug-likeness (QED) is 0.384. The van der Waals surface area contributed by atoms with Gasteiger partial charge in [-0.25, -0.2) is 0 Å². The normalized spacial score (nSPS) is 15.4. The predicted octanol–water partition coefficient (Wildman–Crippen LogP) is 1.87. The minimum Gasteiger partial charge on any atom is -0.497 e. The number of guanidine groups is 1. The molecule has 1 saturated heterocycles. The lowest BCUT2D eigenvalue weighted by Crippen LogP contribution is -2.47. The first-order valence-electron chi connectivity index (χ1n) is 10.4. The molecule has 0 radical (unpaired) electrons. The number of rotatable bonds is 9. The molecule has 0 amide bonds. The molecule has 0 atom stereocenters. The number of ether oxygens (including phenoxy) is 1. The van der Waals surface area contributed by atoms with Crippen molar-refractivity contribution in [2.24, 2.45) is 4.99 Å². The summed E-state index contributed by atoms with van der Waals surface area (Å²) in [5, 5.41) is 6.78. The molecule has 158 valence electrons. The van der Waals surface area contributed by atoms with Crippen molar-refractivity contribution in [2.45, 2.75) is 13.0 Å². The topological polar surface area (TPSA) is 57.1 Å². The maximum Gasteiger partial charge on any atom is 0.191 e. The zero-order valence-electron chi connectivity index (χ0n) is 17.7. The van der Waals surface area contributed by atoms with Gasteiger partial charge in [0.2, 0.25) is 0 Å². The van der Waals surface area contributed by atoms with E-state index in [0.717, 1.165) is 70.5 Å². The molecule has 2 heterocycles. The van der Waals surface area contributed by atoms with E-state index in [1.54, 1.807) is 7.11 Å². The number of benzene rings is 1. The third-order valence-electron chi connectivity index (χ3n) is 5.31. The van der Waals surface area contributed by atoms with Gasteiger partial charge in [-0.05, 0) is 49.4 Å². The number of anilines is 1. The highest BCUT2D eigenvalue weighted by molar-refractivity contribution is 5.79. The molecule has 29 heavy (non-hydrogen) atoms. The highest BCUT2D eigenvalue weighted by atomic mass is 16.5. The number of piperazine rings is 1. The third-order valence-corrected chi connectivity index (χ3v) is 5.31. The Hall–Kier alpha value is -2.67. The van der Waals surface area contributed by atoms with Crippen LogP contribution in [0.1, 0.15) is 6.42 Å². The van der Waals surface area contributed by atoms with Crippen LogP contribution in [0.4, 0.5) is 5.69 Å². The zero-order valence-corrected chi connectivity index (χ0v) is 17.7. The molecule has 1 aliphatic heterocycles. The molecule has 0 bridgehead atoms. The van der Waals surface area contributed by atoms with Crippen LogP contribution in [0.15, 0.2) is 53.8 Å². The van der Waals surface area contributed by atoms with E-state index in [1.165, 1.54) is 5.69 Å². The van der Waals surface area contributed by atoms with Crippen LogP contribution in [0.3, 0.4) is 0 Å². The van der Waals surface area contributed by atoms with E-state index in [9.17, 15) is 0 Å². The van der Waals surface area contributed by atoms with E-state index in [2.05, 4.69) is 54.5 Å². The number of nitrogens with one attached hydrogen (secondary N) is 2. The van der Waals surface area contributed by atoms with Crippen LogP contribution in [-0.2, 0) is 6.54 Å². The van der Waals surface area contributed by atoms with E-state index >= 15 is 0 Å². The average molecular weight is 399 g/mol. The largest absolute Gasteiger partial charge is 0.497 e. The second kappa shape index (κ2) is 11.4. The molecule has 0 saturated carbocycles. The van der Waals surface area contributed by atoms with Crippen molar-refractivity contribution in [3.05, 3.63) is 48.8 Å². The van der Waals surface area contributed by atoms with Gasteiger partial charge < -0.3 is 24.8 Å². The Balaban J connectivity index is 1.28. The van der Waals surface area contributed by atoms with Gasteiger partial charge in [0.1, 0.15) is 5.75 Å². The molecule has 2 aromatic rings. The van der Waals surface area contributed by atoms with Gasteiger partial charge in [0.15, 0.2) is 5.96 Å². The standard InChI is InChI=1S/C22H34N6O/c1-23-22(25-11-15-26-12-3-4-13-26)24-10-5-14-27-16-18-28(19-17-27)20-6-8-21(29-2)9-7-20/h3-4,6-9,12-13H,5,10-11,14-19H2,1-2H3,(H2,23,24,25). The van der Waals surface area contributed by atoms with Crippen molar-refractivity contribution >= 4 is 11.6 Å². The predicted molar refractivity (Wildman–Crippen MR) is 120 cm³/mol. The van der Waals surface area contributed by atoms with Gasteiger partial charge in [-0.1, -0.05) is 0 Å². The number of hydrogen-bond donors (Lipinski definition) is 2. The molecule has 0 unspecified atom stereocenters. The Labute approximate surface area is 174 Å². The highest BCUT2D eigenvalue weighted by Crippen LogP contribution is 2.20. The van der Waals surface area contributed by atoms with Gasteiger partial charge >= 0.3 is 0 Å². The van der Waals surface area contributed by atoms with E-state index in [-0.39, 0.29) is 0 Å². The Morgan fingerprint density at radius 1 is 0.966 bits per heavy atom. The molecule has 1 aromatic heterocycles. The van der Waals surface area contributed by atoms with Crippen molar-refractivity contribution in [3.8, 4) is 5.75 Å². The van der Waals surface area contributed by atoms with Gasteiger partial charge in [0.05, 0.1) is 7.11 Å². The lowest BCUT2D eigenvalue weighted by Gasteiger charge is -2.36. The first-order valence-corrected chi connectivity index (χ1v) is 10.4. The second-order valence-electron chi connectivity index (χ2n) is 7.23.